The molecule has 0 atom stereocenters. The van der Waals surface area contributed by atoms with Crippen molar-refractivity contribution in [1.29, 1.82) is 0 Å². The van der Waals surface area contributed by atoms with Crippen LogP contribution in [0.1, 0.15) is 6.42 Å². The molecule has 3 heterocycles. The quantitative estimate of drug-likeness (QED) is 0.643. The molecule has 0 radical (unpaired) electrons. The number of aromatic nitrogens is 9. The van der Waals surface area contributed by atoms with E-state index in [0.717, 1.165) is 13.0 Å². The third-order valence-corrected chi connectivity index (χ3v) is 2.71. The lowest BCUT2D eigenvalue weighted by atomic mass is 10.4. The first-order chi connectivity index (χ1) is 10.3. The van der Waals surface area contributed by atoms with E-state index in [1.807, 2.05) is 6.20 Å². The number of halogens is 1. The zero-order chi connectivity index (χ0) is 14.5. The minimum Gasteiger partial charge on any atom is -0.354 e. The van der Waals surface area contributed by atoms with Crippen LogP contribution in [-0.2, 0) is 6.54 Å². The molecule has 21 heavy (non-hydrogen) atoms. The summed E-state index contributed by atoms with van der Waals surface area (Å²) in [5.74, 6) is 0.699. The Morgan fingerprint density at radius 1 is 1.24 bits per heavy atom. The summed E-state index contributed by atoms with van der Waals surface area (Å²) in [6.07, 6.45) is 7.17. The van der Waals surface area contributed by atoms with Crippen LogP contribution in [-0.4, -0.2) is 51.3 Å². The molecule has 0 saturated carbocycles. The van der Waals surface area contributed by atoms with E-state index in [4.69, 9.17) is 11.6 Å². The standard InChI is InChI=1S/C10H11ClN10/c11-8-16-9(13-2-1-4-20-5-3-14-19-20)18-10(17-8)21-7-12-6-15-21/h3,5-7H,1-2,4H2,(H,13,16,17,18). The second kappa shape index (κ2) is 6.22. The van der Waals surface area contributed by atoms with E-state index < -0.39 is 0 Å². The number of rotatable bonds is 6. The van der Waals surface area contributed by atoms with Gasteiger partial charge in [-0.1, -0.05) is 5.21 Å². The Balaban J connectivity index is 1.60. The number of nitrogens with one attached hydrogen (secondary N) is 1. The number of anilines is 1. The lowest BCUT2D eigenvalue weighted by molar-refractivity contribution is 0.569. The minimum absolute atomic E-state index is 0.0919. The van der Waals surface area contributed by atoms with Crippen LogP contribution in [0.5, 0.6) is 0 Å². The van der Waals surface area contributed by atoms with Crippen molar-refractivity contribution in [2.45, 2.75) is 13.0 Å². The van der Waals surface area contributed by atoms with Crippen LogP contribution in [0, 0.1) is 0 Å². The monoisotopic (exact) mass is 306 g/mol. The van der Waals surface area contributed by atoms with E-state index in [0.29, 0.717) is 18.4 Å². The summed E-state index contributed by atoms with van der Waals surface area (Å²) < 4.78 is 3.16. The van der Waals surface area contributed by atoms with Crippen molar-refractivity contribution in [2.24, 2.45) is 0 Å². The van der Waals surface area contributed by atoms with Gasteiger partial charge in [0.1, 0.15) is 12.7 Å². The molecule has 0 aromatic carbocycles. The van der Waals surface area contributed by atoms with Crippen LogP contribution < -0.4 is 5.32 Å². The first-order valence-corrected chi connectivity index (χ1v) is 6.53. The fourth-order valence-corrected chi connectivity index (χ4v) is 1.78. The van der Waals surface area contributed by atoms with E-state index in [-0.39, 0.29) is 5.28 Å². The van der Waals surface area contributed by atoms with Gasteiger partial charge in [0.25, 0.3) is 5.95 Å². The predicted molar refractivity (Wildman–Crippen MR) is 72.9 cm³/mol. The number of nitrogens with zero attached hydrogens (tertiary/aromatic N) is 9. The Labute approximate surface area is 124 Å². The topological polar surface area (TPSA) is 112 Å². The van der Waals surface area contributed by atoms with Gasteiger partial charge < -0.3 is 5.32 Å². The summed E-state index contributed by atoms with van der Waals surface area (Å²) in [5, 5.41) is 14.7. The third kappa shape index (κ3) is 3.48. The van der Waals surface area contributed by atoms with Gasteiger partial charge in [-0.2, -0.15) is 24.7 Å². The maximum absolute atomic E-state index is 5.87. The van der Waals surface area contributed by atoms with Crippen molar-refractivity contribution in [3.63, 3.8) is 0 Å². The average molecular weight is 307 g/mol. The molecule has 0 amide bonds. The van der Waals surface area contributed by atoms with E-state index in [1.165, 1.54) is 17.3 Å². The van der Waals surface area contributed by atoms with Gasteiger partial charge >= 0.3 is 0 Å². The largest absolute Gasteiger partial charge is 0.354 e. The molecule has 0 aliphatic rings. The number of hydrogen-bond acceptors (Lipinski definition) is 8. The molecule has 0 spiro atoms. The highest BCUT2D eigenvalue weighted by atomic mass is 35.5. The highest BCUT2D eigenvalue weighted by Crippen LogP contribution is 2.08. The van der Waals surface area contributed by atoms with Crippen molar-refractivity contribution in [3.05, 3.63) is 30.3 Å². The van der Waals surface area contributed by atoms with Crippen molar-refractivity contribution in [2.75, 3.05) is 11.9 Å². The smallest absolute Gasteiger partial charge is 0.258 e. The van der Waals surface area contributed by atoms with Crippen molar-refractivity contribution in [1.82, 2.24) is 44.7 Å². The highest BCUT2D eigenvalue weighted by Gasteiger charge is 2.07. The van der Waals surface area contributed by atoms with E-state index in [9.17, 15) is 0 Å². The summed E-state index contributed by atoms with van der Waals surface area (Å²) in [4.78, 5) is 16.1. The van der Waals surface area contributed by atoms with E-state index >= 15 is 0 Å². The van der Waals surface area contributed by atoms with Crippen LogP contribution in [0.25, 0.3) is 5.95 Å². The van der Waals surface area contributed by atoms with Gasteiger partial charge in [-0.15, -0.1) is 5.10 Å². The van der Waals surface area contributed by atoms with Crippen LogP contribution in [0.4, 0.5) is 5.95 Å². The summed E-state index contributed by atoms with van der Waals surface area (Å²) in [6.45, 7) is 1.42. The molecule has 3 aromatic rings. The Morgan fingerprint density at radius 3 is 2.95 bits per heavy atom. The molecule has 108 valence electrons. The Kier molecular flexibility index (Phi) is 3.96. The van der Waals surface area contributed by atoms with E-state index in [2.05, 4.69) is 40.7 Å². The fraction of sp³-hybridized carbons (Fsp3) is 0.300. The van der Waals surface area contributed by atoms with Gasteiger partial charge in [0.15, 0.2) is 0 Å². The minimum atomic E-state index is 0.0919. The number of hydrogen-bond donors (Lipinski definition) is 1. The maximum atomic E-state index is 5.87. The molecular formula is C10H11ClN10. The number of aryl methyl sites for hydroxylation is 1. The van der Waals surface area contributed by atoms with Crippen molar-refractivity contribution in [3.8, 4) is 5.95 Å². The summed E-state index contributed by atoms with van der Waals surface area (Å²) in [7, 11) is 0. The van der Waals surface area contributed by atoms with Crippen molar-refractivity contribution < 1.29 is 0 Å². The molecule has 0 bridgehead atoms. The van der Waals surface area contributed by atoms with Gasteiger partial charge in [-0.25, -0.2) is 4.98 Å². The lowest BCUT2D eigenvalue weighted by Crippen LogP contribution is -2.12. The summed E-state index contributed by atoms with van der Waals surface area (Å²) in [5.41, 5.74) is 0. The van der Waals surface area contributed by atoms with Gasteiger partial charge in [0.05, 0.1) is 6.20 Å². The first-order valence-electron chi connectivity index (χ1n) is 6.16. The van der Waals surface area contributed by atoms with E-state index in [1.54, 1.807) is 10.9 Å². The highest BCUT2D eigenvalue weighted by molar-refractivity contribution is 6.28. The molecule has 10 nitrogen and oxygen atoms in total. The molecule has 0 saturated heterocycles. The second-order valence-corrected chi connectivity index (χ2v) is 4.35. The predicted octanol–water partition coefficient (Wildman–Crippen LogP) is 0.199. The zero-order valence-corrected chi connectivity index (χ0v) is 11.6. The molecule has 0 unspecified atom stereocenters. The molecule has 0 aliphatic heterocycles. The maximum Gasteiger partial charge on any atom is 0.258 e. The zero-order valence-electron chi connectivity index (χ0n) is 10.8. The van der Waals surface area contributed by atoms with Crippen LogP contribution in [0.2, 0.25) is 5.28 Å². The fourth-order valence-electron chi connectivity index (χ4n) is 1.63. The molecule has 0 aliphatic carbocycles. The molecule has 3 aromatic heterocycles. The lowest BCUT2D eigenvalue weighted by Gasteiger charge is -2.06. The molecular weight excluding hydrogens is 296 g/mol. The SMILES string of the molecule is Clc1nc(NCCCn2ccnn2)nc(-n2cncn2)n1. The van der Waals surface area contributed by atoms with Crippen LogP contribution in [0.3, 0.4) is 0 Å². The Bertz CT molecular complexity index is 680. The second-order valence-electron chi connectivity index (χ2n) is 4.01. The summed E-state index contributed by atoms with van der Waals surface area (Å²) >= 11 is 5.87. The Morgan fingerprint density at radius 2 is 2.19 bits per heavy atom. The van der Waals surface area contributed by atoms with Gasteiger partial charge in [-0.3, -0.25) is 4.68 Å². The first kappa shape index (κ1) is 13.4. The average Bonchev–Trinajstić information content (AvgIpc) is 3.16. The van der Waals surface area contributed by atoms with Crippen LogP contribution in [0.15, 0.2) is 25.0 Å². The van der Waals surface area contributed by atoms with Gasteiger partial charge in [0.2, 0.25) is 11.2 Å². The molecule has 1 N–H and O–H groups in total. The van der Waals surface area contributed by atoms with Crippen LogP contribution >= 0.6 is 11.6 Å². The summed E-state index contributed by atoms with van der Waals surface area (Å²) in [6, 6.07) is 0. The Hall–Kier alpha value is -2.62. The van der Waals surface area contributed by atoms with Crippen molar-refractivity contribution >= 4 is 17.5 Å². The van der Waals surface area contributed by atoms with Gasteiger partial charge in [0, 0.05) is 19.3 Å². The molecule has 0 fully saturated rings. The molecule has 11 heteroatoms. The molecule has 3 rings (SSSR count). The van der Waals surface area contributed by atoms with Gasteiger partial charge in [-0.05, 0) is 18.0 Å². The third-order valence-electron chi connectivity index (χ3n) is 2.54. The normalized spacial score (nSPS) is 10.7.